The number of anilines is 1. The first kappa shape index (κ1) is 14.9. The van der Waals surface area contributed by atoms with E-state index in [9.17, 15) is 10.5 Å². The molecule has 3 N–H and O–H groups in total. The Morgan fingerprint density at radius 1 is 1.33 bits per heavy atom. The molecule has 106 valence electrons. The number of rotatable bonds is 4. The number of thioether (sulfide) groups is 1. The Morgan fingerprint density at radius 3 is 2.57 bits per heavy atom. The average Bonchev–Trinajstić information content (AvgIpc) is 2.90. The molecule has 0 aliphatic rings. The maximum Gasteiger partial charge on any atom is 0.143 e. The van der Waals surface area contributed by atoms with Crippen LogP contribution in [0.2, 0.25) is 0 Å². The van der Waals surface area contributed by atoms with Crippen molar-refractivity contribution < 1.29 is 9.52 Å². The standard InChI is InChI=1S/C14H12N4O2S/c1-8-2-3-11(20-8)12-9(6-15)13(17)18-14(10(12)7-16)21-5-4-19/h2-3,19H,4-5H2,1H3,(H2,17,18). The van der Waals surface area contributed by atoms with Crippen LogP contribution in [0.5, 0.6) is 0 Å². The highest BCUT2D eigenvalue weighted by molar-refractivity contribution is 7.99. The second-order valence-corrected chi connectivity index (χ2v) is 5.22. The summed E-state index contributed by atoms with van der Waals surface area (Å²) in [5, 5.41) is 28.0. The lowest BCUT2D eigenvalue weighted by molar-refractivity contribution is 0.322. The van der Waals surface area contributed by atoms with Crippen LogP contribution in [0.3, 0.4) is 0 Å². The molecule has 2 rings (SSSR count). The third kappa shape index (κ3) is 2.84. The first-order chi connectivity index (χ1) is 10.1. The summed E-state index contributed by atoms with van der Waals surface area (Å²) in [5.74, 6) is 1.49. The molecule has 6 nitrogen and oxygen atoms in total. The average molecular weight is 300 g/mol. The number of aromatic nitrogens is 1. The summed E-state index contributed by atoms with van der Waals surface area (Å²) in [6, 6.07) is 7.46. The SMILES string of the molecule is Cc1ccc(-c2c(C#N)c(N)nc(SCCO)c2C#N)o1. The van der Waals surface area contributed by atoms with E-state index in [0.717, 1.165) is 0 Å². The minimum atomic E-state index is -0.0493. The first-order valence-electron chi connectivity index (χ1n) is 6.06. The van der Waals surface area contributed by atoms with Crippen molar-refractivity contribution in [3.8, 4) is 23.5 Å². The molecule has 2 heterocycles. The Balaban J connectivity index is 2.73. The van der Waals surface area contributed by atoms with E-state index in [1.54, 1.807) is 19.1 Å². The number of furan rings is 1. The van der Waals surface area contributed by atoms with Crippen molar-refractivity contribution in [3.05, 3.63) is 29.0 Å². The van der Waals surface area contributed by atoms with Gasteiger partial charge in [-0.15, -0.1) is 11.8 Å². The molecule has 0 aromatic carbocycles. The van der Waals surface area contributed by atoms with E-state index in [1.807, 2.05) is 6.07 Å². The molecule has 2 aromatic heterocycles. The molecule has 7 heteroatoms. The number of nitriles is 2. The molecule has 0 atom stereocenters. The van der Waals surface area contributed by atoms with Gasteiger partial charge in [0.15, 0.2) is 0 Å². The Labute approximate surface area is 125 Å². The molecule has 0 aliphatic heterocycles. The lowest BCUT2D eigenvalue weighted by Gasteiger charge is -2.10. The molecule has 0 amide bonds. The number of aryl methyl sites for hydroxylation is 1. The van der Waals surface area contributed by atoms with Crippen molar-refractivity contribution >= 4 is 17.6 Å². The Hall–Kier alpha value is -2.48. The van der Waals surface area contributed by atoms with Crippen molar-refractivity contribution in [2.45, 2.75) is 11.9 Å². The van der Waals surface area contributed by atoms with Crippen LogP contribution < -0.4 is 5.73 Å². The zero-order valence-electron chi connectivity index (χ0n) is 11.3. The van der Waals surface area contributed by atoms with Gasteiger partial charge in [0, 0.05) is 5.75 Å². The van der Waals surface area contributed by atoms with Crippen molar-refractivity contribution in [1.82, 2.24) is 4.98 Å². The largest absolute Gasteiger partial charge is 0.461 e. The normalized spacial score (nSPS) is 10.1. The van der Waals surface area contributed by atoms with E-state index in [4.69, 9.17) is 15.3 Å². The van der Waals surface area contributed by atoms with E-state index in [2.05, 4.69) is 11.1 Å². The van der Waals surface area contributed by atoms with Crippen LogP contribution in [0.1, 0.15) is 16.9 Å². The minimum Gasteiger partial charge on any atom is -0.461 e. The lowest BCUT2D eigenvalue weighted by atomic mass is 10.0. The summed E-state index contributed by atoms with van der Waals surface area (Å²) in [4.78, 5) is 4.09. The highest BCUT2D eigenvalue weighted by Gasteiger charge is 2.22. The van der Waals surface area contributed by atoms with E-state index in [-0.39, 0.29) is 23.6 Å². The van der Waals surface area contributed by atoms with E-state index >= 15 is 0 Å². The zero-order valence-corrected chi connectivity index (χ0v) is 12.1. The van der Waals surface area contributed by atoms with Gasteiger partial charge in [0.05, 0.1) is 17.7 Å². The van der Waals surface area contributed by atoms with Crippen LogP contribution >= 0.6 is 11.8 Å². The van der Waals surface area contributed by atoms with Gasteiger partial charge in [-0.2, -0.15) is 10.5 Å². The van der Waals surface area contributed by atoms with Crippen LogP contribution in [-0.4, -0.2) is 22.5 Å². The number of aliphatic hydroxyl groups excluding tert-OH is 1. The highest BCUT2D eigenvalue weighted by atomic mass is 32.2. The van der Waals surface area contributed by atoms with Crippen molar-refractivity contribution in [2.75, 3.05) is 18.1 Å². The predicted octanol–water partition coefficient (Wildman–Crippen LogP) is 2.06. The summed E-state index contributed by atoms with van der Waals surface area (Å²) < 4.78 is 5.52. The third-order valence-electron chi connectivity index (χ3n) is 2.73. The number of hydrogen-bond acceptors (Lipinski definition) is 7. The monoisotopic (exact) mass is 300 g/mol. The van der Waals surface area contributed by atoms with Gasteiger partial charge in [0.25, 0.3) is 0 Å². The molecule has 0 saturated carbocycles. The number of aliphatic hydroxyl groups is 1. The van der Waals surface area contributed by atoms with Crippen LogP contribution in [0, 0.1) is 29.6 Å². The molecule has 0 radical (unpaired) electrons. The maximum absolute atomic E-state index is 9.42. The third-order valence-corrected chi connectivity index (χ3v) is 3.69. The van der Waals surface area contributed by atoms with Crippen LogP contribution in [-0.2, 0) is 0 Å². The quantitative estimate of drug-likeness (QED) is 0.829. The van der Waals surface area contributed by atoms with Gasteiger partial charge in [-0.05, 0) is 19.1 Å². The number of nitrogen functional groups attached to an aromatic ring is 1. The number of pyridine rings is 1. The number of hydrogen-bond donors (Lipinski definition) is 2. The number of nitrogens with zero attached hydrogens (tertiary/aromatic N) is 3. The van der Waals surface area contributed by atoms with Crippen molar-refractivity contribution in [1.29, 1.82) is 10.5 Å². The van der Waals surface area contributed by atoms with Gasteiger partial charge in [-0.25, -0.2) is 4.98 Å². The fourth-order valence-electron chi connectivity index (χ4n) is 1.86. The maximum atomic E-state index is 9.42. The summed E-state index contributed by atoms with van der Waals surface area (Å²) in [6.07, 6.45) is 0. The molecule has 21 heavy (non-hydrogen) atoms. The molecule has 0 spiro atoms. The molecule has 0 fully saturated rings. The van der Waals surface area contributed by atoms with Crippen molar-refractivity contribution in [2.24, 2.45) is 0 Å². The Bertz CT molecular complexity index is 756. The fourth-order valence-corrected chi connectivity index (χ4v) is 2.60. The molecule has 2 aromatic rings. The Kier molecular flexibility index (Phi) is 4.49. The molecule has 0 aliphatic carbocycles. The van der Waals surface area contributed by atoms with Gasteiger partial charge >= 0.3 is 0 Å². The van der Waals surface area contributed by atoms with Gasteiger partial charge < -0.3 is 15.3 Å². The summed E-state index contributed by atoms with van der Waals surface area (Å²) in [5.41, 5.74) is 6.51. The second kappa shape index (κ2) is 6.31. The molecular weight excluding hydrogens is 288 g/mol. The zero-order chi connectivity index (χ0) is 15.4. The molecular formula is C14H12N4O2S. The fraction of sp³-hybridized carbons (Fsp3) is 0.214. The summed E-state index contributed by atoms with van der Waals surface area (Å²) >= 11 is 1.21. The highest BCUT2D eigenvalue weighted by Crippen LogP contribution is 2.36. The van der Waals surface area contributed by atoms with Crippen molar-refractivity contribution in [3.63, 3.8) is 0 Å². The van der Waals surface area contributed by atoms with Crippen LogP contribution in [0.25, 0.3) is 11.3 Å². The predicted molar refractivity (Wildman–Crippen MR) is 78.3 cm³/mol. The van der Waals surface area contributed by atoms with E-state index in [0.29, 0.717) is 27.9 Å². The lowest BCUT2D eigenvalue weighted by Crippen LogP contribution is -2.03. The summed E-state index contributed by atoms with van der Waals surface area (Å²) in [7, 11) is 0. The smallest absolute Gasteiger partial charge is 0.143 e. The first-order valence-corrected chi connectivity index (χ1v) is 7.05. The van der Waals surface area contributed by atoms with Gasteiger partial charge in [0.1, 0.15) is 40.1 Å². The molecule has 0 unspecified atom stereocenters. The minimum absolute atomic E-state index is 0.0426. The molecule has 0 bridgehead atoms. The van der Waals surface area contributed by atoms with Crippen LogP contribution in [0.15, 0.2) is 21.6 Å². The van der Waals surface area contributed by atoms with Gasteiger partial charge in [-0.1, -0.05) is 0 Å². The van der Waals surface area contributed by atoms with Gasteiger partial charge in [0.2, 0.25) is 0 Å². The summed E-state index contributed by atoms with van der Waals surface area (Å²) in [6.45, 7) is 1.72. The topological polar surface area (TPSA) is 120 Å². The Morgan fingerprint density at radius 2 is 2.05 bits per heavy atom. The number of nitrogens with two attached hydrogens (primary N) is 1. The molecule has 0 saturated heterocycles. The van der Waals surface area contributed by atoms with Gasteiger partial charge in [-0.3, -0.25) is 0 Å². The van der Waals surface area contributed by atoms with E-state index < -0.39 is 0 Å². The second-order valence-electron chi connectivity index (χ2n) is 4.13. The van der Waals surface area contributed by atoms with Crippen LogP contribution in [0.4, 0.5) is 5.82 Å². The van der Waals surface area contributed by atoms with E-state index in [1.165, 1.54) is 11.8 Å².